The first kappa shape index (κ1) is 32.9. The van der Waals surface area contributed by atoms with Gasteiger partial charge >= 0.3 is 12.5 Å². The predicted molar refractivity (Wildman–Crippen MR) is 158 cm³/mol. The number of imidazole rings is 1. The molecule has 1 amide bonds. The Bertz CT molecular complexity index is 1720. The Hall–Kier alpha value is -4.49. The third-order valence-corrected chi connectivity index (χ3v) is 7.66. The summed E-state index contributed by atoms with van der Waals surface area (Å²) in [5, 5.41) is 5.52. The van der Waals surface area contributed by atoms with E-state index in [-0.39, 0.29) is 28.6 Å². The number of alkyl halides is 6. The summed E-state index contributed by atoms with van der Waals surface area (Å²) < 4.78 is 102. The maximum absolute atomic E-state index is 13.9. The van der Waals surface area contributed by atoms with Crippen LogP contribution in [0.25, 0.3) is 11.0 Å². The van der Waals surface area contributed by atoms with Gasteiger partial charge in [0.1, 0.15) is 17.3 Å². The molecule has 1 aliphatic rings. The number of amides is 1. The van der Waals surface area contributed by atoms with Crippen molar-refractivity contribution in [3.8, 4) is 11.5 Å². The monoisotopic (exact) mass is 652 g/mol. The van der Waals surface area contributed by atoms with Crippen LogP contribution in [-0.2, 0) is 11.0 Å². The number of fused-ring (bicyclic) bond motifs is 1. The van der Waals surface area contributed by atoms with Crippen molar-refractivity contribution in [1.82, 2.24) is 9.55 Å². The maximum atomic E-state index is 13.9. The number of nitrogens with one attached hydrogen (secondary N) is 2. The Morgan fingerprint density at radius 2 is 1.63 bits per heavy atom. The minimum absolute atomic E-state index is 0.0547. The molecule has 2 atom stereocenters. The summed E-state index contributed by atoms with van der Waals surface area (Å²) in [5.74, 6) is -1.42. The van der Waals surface area contributed by atoms with Crippen molar-refractivity contribution in [2.75, 3.05) is 17.2 Å². The van der Waals surface area contributed by atoms with Crippen molar-refractivity contribution in [2.24, 2.45) is 11.3 Å². The van der Waals surface area contributed by atoms with Gasteiger partial charge in [-0.15, -0.1) is 13.2 Å². The van der Waals surface area contributed by atoms with Crippen molar-refractivity contribution >= 4 is 34.3 Å². The topological polar surface area (TPSA) is 77.4 Å². The number of hydrogen-bond donors (Lipinski definition) is 2. The molecule has 1 saturated carbocycles. The molecular formula is C32H31F7N4O3. The Morgan fingerprint density at radius 3 is 2.26 bits per heavy atom. The standard InChI is InChI=1S/C32H31F7N4O3/c1-18-12-21(16-30(2,3)15-18)43-27-11-9-23(45-17-28(44)40-20-6-10-24(25(33)13-20)31(34,35)36)14-26(27)42-29(43)41-19-4-7-22(8-5-19)46-32(37,38)39/h4-11,13-14,18,21H,12,15-17H2,1-3H3,(H,40,44)(H,41,42)/t18-,21+/m0/s1. The summed E-state index contributed by atoms with van der Waals surface area (Å²) in [6.07, 6.45) is -6.88. The molecule has 0 radical (unpaired) electrons. The number of halogens is 7. The lowest BCUT2D eigenvalue weighted by molar-refractivity contribution is -0.274. The summed E-state index contributed by atoms with van der Waals surface area (Å²) >= 11 is 0. The van der Waals surface area contributed by atoms with Crippen LogP contribution in [-0.4, -0.2) is 28.4 Å². The first-order valence-corrected chi connectivity index (χ1v) is 14.4. The molecule has 46 heavy (non-hydrogen) atoms. The minimum Gasteiger partial charge on any atom is -0.484 e. The lowest BCUT2D eigenvalue weighted by Gasteiger charge is -2.40. The highest BCUT2D eigenvalue weighted by Gasteiger charge is 2.36. The first-order valence-electron chi connectivity index (χ1n) is 14.4. The normalized spacial score (nSPS) is 18.3. The van der Waals surface area contributed by atoms with Gasteiger partial charge in [-0.05, 0) is 85.2 Å². The van der Waals surface area contributed by atoms with Crippen molar-refractivity contribution in [3.05, 3.63) is 72.0 Å². The first-order chi connectivity index (χ1) is 21.5. The zero-order valence-corrected chi connectivity index (χ0v) is 25.0. The lowest BCUT2D eigenvalue weighted by Crippen LogP contribution is -2.29. The number of aromatic nitrogens is 2. The molecule has 14 heteroatoms. The lowest BCUT2D eigenvalue weighted by atomic mass is 9.70. The molecule has 1 aliphatic carbocycles. The fourth-order valence-corrected chi connectivity index (χ4v) is 6.16. The Kier molecular flexibility index (Phi) is 8.84. The second-order valence-corrected chi connectivity index (χ2v) is 12.2. The summed E-state index contributed by atoms with van der Waals surface area (Å²) in [6, 6.07) is 12.5. The molecule has 1 aromatic heterocycles. The molecule has 7 nitrogen and oxygen atoms in total. The number of nitrogens with zero attached hydrogens (tertiary/aromatic N) is 2. The highest BCUT2D eigenvalue weighted by atomic mass is 19.4. The van der Waals surface area contributed by atoms with Crippen LogP contribution in [0.15, 0.2) is 60.7 Å². The zero-order chi connectivity index (χ0) is 33.4. The zero-order valence-electron chi connectivity index (χ0n) is 25.0. The molecule has 4 aromatic rings. The van der Waals surface area contributed by atoms with E-state index >= 15 is 0 Å². The molecule has 0 bridgehead atoms. The fraction of sp³-hybridized carbons (Fsp3) is 0.375. The van der Waals surface area contributed by atoms with E-state index in [0.29, 0.717) is 35.2 Å². The molecule has 0 unspecified atom stereocenters. The third kappa shape index (κ3) is 8.01. The molecule has 1 heterocycles. The smallest absolute Gasteiger partial charge is 0.484 e. The van der Waals surface area contributed by atoms with Crippen LogP contribution in [0.5, 0.6) is 11.5 Å². The van der Waals surface area contributed by atoms with Gasteiger partial charge in [-0.25, -0.2) is 9.37 Å². The fourth-order valence-electron chi connectivity index (χ4n) is 6.16. The van der Waals surface area contributed by atoms with Crippen LogP contribution < -0.4 is 20.1 Å². The van der Waals surface area contributed by atoms with Crippen molar-refractivity contribution in [1.29, 1.82) is 0 Å². The predicted octanol–water partition coefficient (Wildman–Crippen LogP) is 9.24. The van der Waals surface area contributed by atoms with Gasteiger partial charge in [0.2, 0.25) is 5.95 Å². The van der Waals surface area contributed by atoms with Crippen LogP contribution >= 0.6 is 0 Å². The van der Waals surface area contributed by atoms with Crippen molar-refractivity contribution in [2.45, 2.75) is 58.6 Å². The van der Waals surface area contributed by atoms with E-state index in [1.807, 2.05) is 0 Å². The average Bonchev–Trinajstić information content (AvgIpc) is 3.27. The Morgan fingerprint density at radius 1 is 0.957 bits per heavy atom. The number of carbonyl (C=O) groups is 1. The third-order valence-electron chi connectivity index (χ3n) is 7.66. The van der Waals surface area contributed by atoms with Gasteiger partial charge in [0.05, 0.1) is 16.6 Å². The van der Waals surface area contributed by atoms with Crippen LogP contribution in [0.4, 0.5) is 48.1 Å². The van der Waals surface area contributed by atoms with E-state index in [4.69, 9.17) is 9.72 Å². The molecule has 1 fully saturated rings. The van der Waals surface area contributed by atoms with Gasteiger partial charge in [0.25, 0.3) is 5.91 Å². The molecule has 5 rings (SSSR count). The second kappa shape index (κ2) is 12.4. The Balaban J connectivity index is 1.36. The summed E-state index contributed by atoms with van der Waals surface area (Å²) in [6.45, 7) is 6.09. The Labute approximate surface area is 259 Å². The van der Waals surface area contributed by atoms with E-state index in [1.165, 1.54) is 24.3 Å². The molecule has 2 N–H and O–H groups in total. The molecule has 3 aromatic carbocycles. The van der Waals surface area contributed by atoms with E-state index in [2.05, 4.69) is 40.7 Å². The highest BCUT2D eigenvalue weighted by Crippen LogP contribution is 2.46. The molecule has 0 saturated heterocycles. The molecular weight excluding hydrogens is 621 g/mol. The number of anilines is 3. The van der Waals surface area contributed by atoms with Crippen molar-refractivity contribution < 1.29 is 45.0 Å². The van der Waals surface area contributed by atoms with E-state index in [9.17, 15) is 35.5 Å². The van der Waals surface area contributed by atoms with E-state index in [1.54, 1.807) is 18.2 Å². The number of hydrogen-bond acceptors (Lipinski definition) is 5. The van der Waals surface area contributed by atoms with Crippen LogP contribution in [0.1, 0.15) is 51.6 Å². The molecule has 246 valence electrons. The largest absolute Gasteiger partial charge is 0.573 e. The molecule has 0 aliphatic heterocycles. The van der Waals surface area contributed by atoms with Gasteiger partial charge in [0.15, 0.2) is 6.61 Å². The number of rotatable bonds is 8. The number of carbonyl (C=O) groups excluding carboxylic acids is 1. The van der Waals surface area contributed by atoms with Gasteiger partial charge in [0, 0.05) is 23.5 Å². The quantitative estimate of drug-likeness (QED) is 0.186. The van der Waals surface area contributed by atoms with Crippen LogP contribution in [0, 0.1) is 17.2 Å². The van der Waals surface area contributed by atoms with Gasteiger partial charge in [-0.2, -0.15) is 13.2 Å². The average molecular weight is 653 g/mol. The van der Waals surface area contributed by atoms with E-state index < -0.39 is 36.4 Å². The summed E-state index contributed by atoms with van der Waals surface area (Å²) in [4.78, 5) is 17.2. The summed E-state index contributed by atoms with van der Waals surface area (Å²) in [7, 11) is 0. The molecule has 0 spiro atoms. The van der Waals surface area contributed by atoms with Gasteiger partial charge in [-0.1, -0.05) is 20.8 Å². The number of benzene rings is 3. The van der Waals surface area contributed by atoms with Gasteiger partial charge < -0.3 is 24.7 Å². The highest BCUT2D eigenvalue weighted by molar-refractivity contribution is 5.92. The maximum Gasteiger partial charge on any atom is 0.573 e. The van der Waals surface area contributed by atoms with Gasteiger partial charge in [-0.3, -0.25) is 4.79 Å². The van der Waals surface area contributed by atoms with Crippen molar-refractivity contribution in [3.63, 3.8) is 0 Å². The summed E-state index contributed by atoms with van der Waals surface area (Å²) in [5.41, 5.74) is 0.236. The van der Waals surface area contributed by atoms with Crippen LogP contribution in [0.3, 0.4) is 0 Å². The number of ether oxygens (including phenoxy) is 2. The SMILES string of the molecule is C[C@H]1C[C@@H](n2c(Nc3ccc(OC(F)(F)F)cc3)nc3cc(OCC(=O)Nc4ccc(C(F)(F)F)c(F)c4)ccc32)CC(C)(C)C1. The second-order valence-electron chi connectivity index (χ2n) is 12.2. The van der Waals surface area contributed by atoms with E-state index in [0.717, 1.165) is 30.8 Å². The van der Waals surface area contributed by atoms with Crippen LogP contribution in [0.2, 0.25) is 0 Å². The minimum atomic E-state index is -4.86.